The van der Waals surface area contributed by atoms with Crippen LogP contribution in [-0.2, 0) is 12.1 Å². The monoisotopic (exact) mass is 357 g/mol. The number of amides is 1. The van der Waals surface area contributed by atoms with Crippen LogP contribution >= 0.6 is 0 Å². The Balaban J connectivity index is 1.64. The smallest absolute Gasteiger partial charge is 0.254 e. The largest absolute Gasteiger partial charge is 0.391 e. The van der Waals surface area contributed by atoms with Crippen molar-refractivity contribution in [3.05, 3.63) is 41.7 Å². The maximum Gasteiger partial charge on any atom is 0.254 e. The number of β-amino-alcohol motifs (C(OH)–C–C–N with tert-alkyl or cyclic N) is 1. The summed E-state index contributed by atoms with van der Waals surface area (Å²) in [6.45, 7) is 7.87. The van der Waals surface area contributed by atoms with Gasteiger partial charge < -0.3 is 15.3 Å². The zero-order valence-electron chi connectivity index (χ0n) is 15.6. The molecule has 1 aliphatic rings. The fraction of sp³-hybridized carbons (Fsp3) is 0.526. The molecule has 1 atom stereocenters. The number of rotatable bonds is 4. The quantitative estimate of drug-likeness (QED) is 0.877. The van der Waals surface area contributed by atoms with Gasteiger partial charge >= 0.3 is 0 Å². The van der Waals surface area contributed by atoms with Crippen LogP contribution in [0.5, 0.6) is 0 Å². The number of piperidine rings is 1. The number of aliphatic hydroxyl groups is 1. The topological polar surface area (TPSA) is 83.3 Å². The van der Waals surface area contributed by atoms with E-state index in [1.54, 1.807) is 4.90 Å². The van der Waals surface area contributed by atoms with Gasteiger partial charge in [0.25, 0.3) is 5.91 Å². The van der Waals surface area contributed by atoms with Crippen molar-refractivity contribution in [2.75, 3.05) is 18.4 Å². The molecule has 1 amide bonds. The Morgan fingerprint density at radius 1 is 1.38 bits per heavy atom. The van der Waals surface area contributed by atoms with Gasteiger partial charge in [0.15, 0.2) is 0 Å². The second-order valence-electron chi connectivity index (χ2n) is 7.81. The van der Waals surface area contributed by atoms with Crippen molar-refractivity contribution >= 4 is 11.6 Å². The van der Waals surface area contributed by atoms with E-state index in [-0.39, 0.29) is 11.4 Å². The van der Waals surface area contributed by atoms with E-state index in [1.807, 2.05) is 35.1 Å². The number of hydrogen-bond donors (Lipinski definition) is 2. The molecule has 1 aliphatic heterocycles. The number of benzene rings is 1. The van der Waals surface area contributed by atoms with E-state index >= 15 is 0 Å². The Labute approximate surface area is 154 Å². The molecule has 140 valence electrons. The molecule has 1 saturated heterocycles. The van der Waals surface area contributed by atoms with E-state index in [9.17, 15) is 9.90 Å². The predicted octanol–water partition coefficient (Wildman–Crippen LogP) is 2.24. The third-order valence-corrected chi connectivity index (χ3v) is 4.50. The molecule has 0 radical (unpaired) electrons. The Morgan fingerprint density at radius 3 is 2.88 bits per heavy atom. The predicted molar refractivity (Wildman–Crippen MR) is 99.9 cm³/mol. The number of carbonyl (C=O) groups is 1. The first kappa shape index (κ1) is 18.4. The number of nitrogens with zero attached hydrogens (tertiary/aromatic N) is 4. The maximum absolute atomic E-state index is 12.6. The number of anilines is 1. The zero-order chi connectivity index (χ0) is 18.7. The molecule has 26 heavy (non-hydrogen) atoms. The van der Waals surface area contributed by atoms with Crippen LogP contribution in [-0.4, -0.2) is 50.1 Å². The minimum absolute atomic E-state index is 0.0360. The lowest BCUT2D eigenvalue weighted by atomic mass is 10.1. The molecule has 7 heteroatoms. The molecule has 1 aromatic carbocycles. The highest BCUT2D eigenvalue weighted by molar-refractivity contribution is 5.95. The van der Waals surface area contributed by atoms with Gasteiger partial charge in [0.05, 0.1) is 24.4 Å². The van der Waals surface area contributed by atoms with E-state index in [1.165, 1.54) is 0 Å². The van der Waals surface area contributed by atoms with Crippen LogP contribution < -0.4 is 5.32 Å². The van der Waals surface area contributed by atoms with Crippen LogP contribution in [0.2, 0.25) is 0 Å². The van der Waals surface area contributed by atoms with Crippen LogP contribution in [0.15, 0.2) is 30.5 Å². The van der Waals surface area contributed by atoms with Crippen molar-refractivity contribution in [2.45, 2.75) is 51.8 Å². The third kappa shape index (κ3) is 4.40. The second kappa shape index (κ2) is 7.45. The van der Waals surface area contributed by atoms with Crippen molar-refractivity contribution in [3.8, 4) is 0 Å². The van der Waals surface area contributed by atoms with E-state index in [2.05, 4.69) is 36.4 Å². The summed E-state index contributed by atoms with van der Waals surface area (Å²) in [4.78, 5) is 14.4. The molecule has 0 aliphatic carbocycles. The minimum Gasteiger partial charge on any atom is -0.391 e. The van der Waals surface area contributed by atoms with Crippen LogP contribution in [0, 0.1) is 0 Å². The van der Waals surface area contributed by atoms with E-state index < -0.39 is 6.10 Å². The first-order valence-electron chi connectivity index (χ1n) is 9.06. The lowest BCUT2D eigenvalue weighted by Gasteiger charge is -2.30. The summed E-state index contributed by atoms with van der Waals surface area (Å²) in [6, 6.07) is 7.44. The maximum atomic E-state index is 12.6. The molecule has 1 unspecified atom stereocenters. The number of carbonyl (C=O) groups excluding carboxylic acids is 1. The van der Waals surface area contributed by atoms with Crippen molar-refractivity contribution in [2.24, 2.45) is 0 Å². The van der Waals surface area contributed by atoms with Gasteiger partial charge in [0.1, 0.15) is 5.69 Å². The van der Waals surface area contributed by atoms with E-state index in [0.29, 0.717) is 25.2 Å². The van der Waals surface area contributed by atoms with Gasteiger partial charge in [0, 0.05) is 24.3 Å². The molecule has 2 aromatic rings. The first-order valence-corrected chi connectivity index (χ1v) is 9.06. The number of aliphatic hydroxyl groups excluding tert-OH is 1. The Morgan fingerprint density at radius 2 is 2.19 bits per heavy atom. The lowest BCUT2D eigenvalue weighted by molar-refractivity contribution is 0.0474. The van der Waals surface area contributed by atoms with Crippen molar-refractivity contribution < 1.29 is 9.90 Å². The highest BCUT2D eigenvalue weighted by Gasteiger charge is 2.23. The van der Waals surface area contributed by atoms with Crippen LogP contribution in [0.1, 0.15) is 49.7 Å². The molecular weight excluding hydrogens is 330 g/mol. The summed E-state index contributed by atoms with van der Waals surface area (Å²) < 4.78 is 1.84. The summed E-state index contributed by atoms with van der Waals surface area (Å²) in [6.07, 6.45) is 3.12. The highest BCUT2D eigenvalue weighted by atomic mass is 16.3. The average Bonchev–Trinajstić information content (AvgIpc) is 3.09. The number of hydrogen-bond acceptors (Lipinski definition) is 5. The number of likely N-dealkylation sites (tertiary alicyclic amines) is 1. The average molecular weight is 357 g/mol. The fourth-order valence-corrected chi connectivity index (χ4v) is 2.98. The summed E-state index contributed by atoms with van der Waals surface area (Å²) in [5, 5.41) is 21.4. The molecule has 0 spiro atoms. The Bertz CT molecular complexity index is 765. The molecule has 0 bridgehead atoms. The van der Waals surface area contributed by atoms with Crippen LogP contribution in [0.3, 0.4) is 0 Å². The van der Waals surface area contributed by atoms with Gasteiger partial charge in [-0.3, -0.25) is 4.79 Å². The lowest BCUT2D eigenvalue weighted by Crippen LogP contribution is -2.42. The summed E-state index contributed by atoms with van der Waals surface area (Å²) >= 11 is 0. The van der Waals surface area contributed by atoms with Gasteiger partial charge in [-0.1, -0.05) is 11.3 Å². The third-order valence-electron chi connectivity index (χ3n) is 4.50. The van der Waals surface area contributed by atoms with Crippen molar-refractivity contribution in [1.82, 2.24) is 19.9 Å². The van der Waals surface area contributed by atoms with Gasteiger partial charge in [-0.25, -0.2) is 4.68 Å². The van der Waals surface area contributed by atoms with Gasteiger partial charge in [-0.15, -0.1) is 5.10 Å². The fourth-order valence-electron chi connectivity index (χ4n) is 2.98. The zero-order valence-corrected chi connectivity index (χ0v) is 15.6. The Kier molecular flexibility index (Phi) is 5.27. The van der Waals surface area contributed by atoms with Gasteiger partial charge in [-0.2, -0.15) is 0 Å². The minimum atomic E-state index is -0.417. The molecule has 3 rings (SSSR count). The summed E-state index contributed by atoms with van der Waals surface area (Å²) in [5.41, 5.74) is 2.23. The van der Waals surface area contributed by atoms with Crippen molar-refractivity contribution in [3.63, 3.8) is 0 Å². The molecule has 7 nitrogen and oxygen atoms in total. The summed E-state index contributed by atoms with van der Waals surface area (Å²) in [7, 11) is 0. The van der Waals surface area contributed by atoms with Crippen LogP contribution in [0.4, 0.5) is 5.69 Å². The van der Waals surface area contributed by atoms with Gasteiger partial charge in [-0.05, 0) is 51.8 Å². The van der Waals surface area contributed by atoms with E-state index in [4.69, 9.17) is 0 Å². The van der Waals surface area contributed by atoms with Crippen molar-refractivity contribution in [1.29, 1.82) is 0 Å². The normalized spacial score (nSPS) is 18.0. The van der Waals surface area contributed by atoms with Gasteiger partial charge in [0.2, 0.25) is 0 Å². The number of aromatic nitrogens is 3. The highest BCUT2D eigenvalue weighted by Crippen LogP contribution is 2.18. The molecule has 1 fully saturated rings. The molecule has 0 saturated carbocycles. The molecule has 1 aromatic heterocycles. The SMILES string of the molecule is CC(C)(C)n1cc(CNc2cccc(C(=O)N3CCCC(O)C3)c2)nn1. The standard InChI is InChI=1S/C19H27N5O2/c1-19(2,3)24-12-16(21-22-24)11-20-15-7-4-6-14(10-15)18(26)23-9-5-8-17(25)13-23/h4,6-7,10,12,17,20,25H,5,8-9,11,13H2,1-3H3. The molecule has 2 heterocycles. The number of nitrogens with one attached hydrogen (secondary N) is 1. The molecule has 2 N–H and O–H groups in total. The molecular formula is C19H27N5O2. The Hall–Kier alpha value is -2.41. The first-order chi connectivity index (χ1) is 12.3. The second-order valence-corrected chi connectivity index (χ2v) is 7.81. The van der Waals surface area contributed by atoms with E-state index in [0.717, 1.165) is 24.2 Å². The van der Waals surface area contributed by atoms with Crippen LogP contribution in [0.25, 0.3) is 0 Å². The summed E-state index contributed by atoms with van der Waals surface area (Å²) in [5.74, 6) is -0.0360.